The molecule has 2 atom stereocenters. The lowest BCUT2D eigenvalue weighted by atomic mass is 10.1. The average Bonchev–Trinajstić information content (AvgIpc) is 3.80. The maximum Gasteiger partial charge on any atom is 0.351 e. The Bertz CT molecular complexity index is 2250. The minimum atomic E-state index is -1.34. The Morgan fingerprint density at radius 1 is 1.06 bits per heavy atom. The van der Waals surface area contributed by atoms with Gasteiger partial charge in [-0.25, -0.2) is 19.0 Å². The topological polar surface area (TPSA) is 163 Å². The Labute approximate surface area is 298 Å². The number of hydrogen-bond acceptors (Lipinski definition) is 11. The summed E-state index contributed by atoms with van der Waals surface area (Å²) in [6, 6.07) is 9.44. The number of aliphatic hydroxyl groups excluding tert-OH is 1. The summed E-state index contributed by atoms with van der Waals surface area (Å²) in [6.45, 7) is 1.89. The number of fused-ring (bicyclic) bond motifs is 2. The summed E-state index contributed by atoms with van der Waals surface area (Å²) in [4.78, 5) is 65.5. The quantitative estimate of drug-likeness (QED) is 0.273. The SMILES string of the molecule is O=C(O)c1cn(C2CC2)c2cc(N3CCN(CN4C(=O)C(=Nc5ccn(C6CSC(CO)O6)c(=O)n5)c5cc(Cl)ccc54)CC3)c(F)cc2c1=O. The smallest absolute Gasteiger partial charge is 0.351 e. The number of thioether (sulfide) groups is 1. The van der Waals surface area contributed by atoms with Crippen molar-refractivity contribution < 1.29 is 28.9 Å². The zero-order valence-corrected chi connectivity index (χ0v) is 28.5. The standard InChI is InChI=1S/C34H31ClFN7O7S/c35-18-1-4-24-20(11-18)30(37-27-5-6-41(34(49)38-27)28-16-51-29(15-44)50-28)32(46)43(24)17-39-7-9-40(10-8-39)26-13-25-21(12-23(26)36)31(45)22(33(47)48)14-42(25)19-2-3-19/h1,4-6,11-14,19,28-29,44H,2-3,7-10,15-17H2,(H,47,48). The van der Waals surface area contributed by atoms with Crippen LogP contribution >= 0.6 is 23.4 Å². The zero-order chi connectivity index (χ0) is 35.6. The highest BCUT2D eigenvalue weighted by Crippen LogP contribution is 2.39. The van der Waals surface area contributed by atoms with Gasteiger partial charge in [-0.1, -0.05) is 11.6 Å². The first kappa shape index (κ1) is 33.5. The molecule has 14 nitrogen and oxygen atoms in total. The van der Waals surface area contributed by atoms with Crippen molar-refractivity contribution in [1.29, 1.82) is 0 Å². The fourth-order valence-corrected chi connectivity index (χ4v) is 7.86. The number of anilines is 2. The first-order chi connectivity index (χ1) is 24.6. The van der Waals surface area contributed by atoms with Gasteiger partial charge in [-0.05, 0) is 49.2 Å². The number of ether oxygens (including phenoxy) is 1. The van der Waals surface area contributed by atoms with Crippen LogP contribution in [0.2, 0.25) is 5.02 Å². The highest BCUT2D eigenvalue weighted by Gasteiger charge is 2.36. The van der Waals surface area contributed by atoms with E-state index < -0.39 is 34.6 Å². The second-order valence-corrected chi connectivity index (χ2v) is 14.4. The second-order valence-electron chi connectivity index (χ2n) is 12.7. The molecule has 0 bridgehead atoms. The minimum absolute atomic E-state index is 0.0416. The van der Waals surface area contributed by atoms with Crippen LogP contribution in [0.25, 0.3) is 10.9 Å². The van der Waals surface area contributed by atoms with Gasteiger partial charge in [0.15, 0.2) is 5.82 Å². The Balaban J connectivity index is 1.01. The third kappa shape index (κ3) is 6.20. The van der Waals surface area contributed by atoms with Gasteiger partial charge in [0, 0.05) is 66.3 Å². The van der Waals surface area contributed by atoms with E-state index in [2.05, 4.69) is 14.9 Å². The van der Waals surface area contributed by atoms with Gasteiger partial charge in [0.25, 0.3) is 5.91 Å². The number of rotatable bonds is 8. The number of pyridine rings is 1. The van der Waals surface area contributed by atoms with E-state index in [4.69, 9.17) is 16.3 Å². The van der Waals surface area contributed by atoms with Gasteiger partial charge in [0.05, 0.1) is 30.2 Å². The van der Waals surface area contributed by atoms with E-state index in [0.29, 0.717) is 59.4 Å². The summed E-state index contributed by atoms with van der Waals surface area (Å²) in [5, 5.41) is 19.4. The van der Waals surface area contributed by atoms with E-state index in [-0.39, 0.29) is 47.7 Å². The number of carbonyl (C=O) groups excluding carboxylic acids is 1. The molecule has 8 rings (SSSR count). The van der Waals surface area contributed by atoms with Crippen molar-refractivity contribution in [2.24, 2.45) is 4.99 Å². The van der Waals surface area contributed by atoms with Gasteiger partial charge in [0.1, 0.15) is 28.8 Å². The van der Waals surface area contributed by atoms with Gasteiger partial charge in [-0.15, -0.1) is 11.8 Å². The fourth-order valence-electron chi connectivity index (χ4n) is 6.76. The Morgan fingerprint density at radius 2 is 1.84 bits per heavy atom. The predicted octanol–water partition coefficient (Wildman–Crippen LogP) is 3.21. The molecule has 3 aliphatic heterocycles. The number of aromatic nitrogens is 3. The predicted molar refractivity (Wildman–Crippen MR) is 189 cm³/mol. The molecular weight excluding hydrogens is 705 g/mol. The van der Waals surface area contributed by atoms with Crippen LogP contribution in [0.15, 0.2) is 63.4 Å². The summed E-state index contributed by atoms with van der Waals surface area (Å²) >= 11 is 7.72. The number of aliphatic imine (C=N–C) groups is 1. The molecule has 2 N–H and O–H groups in total. The van der Waals surface area contributed by atoms with Gasteiger partial charge < -0.3 is 24.4 Å². The molecule has 1 aliphatic carbocycles. The van der Waals surface area contributed by atoms with E-state index in [1.54, 1.807) is 33.7 Å². The lowest BCUT2D eigenvalue weighted by Gasteiger charge is -2.38. The molecule has 17 heteroatoms. The molecule has 0 radical (unpaired) electrons. The monoisotopic (exact) mass is 735 g/mol. The first-order valence-corrected chi connectivity index (χ1v) is 17.8. The number of nitrogens with zero attached hydrogens (tertiary/aromatic N) is 7. The number of hydrogen-bond donors (Lipinski definition) is 2. The normalized spacial score (nSPS) is 21.6. The molecule has 2 aromatic carbocycles. The molecule has 3 fully saturated rings. The molecule has 4 aromatic rings. The molecule has 1 amide bonds. The molecule has 2 saturated heterocycles. The van der Waals surface area contributed by atoms with Crippen molar-refractivity contribution in [2.75, 3.05) is 55.0 Å². The van der Waals surface area contributed by atoms with Crippen molar-refractivity contribution in [3.05, 3.63) is 91.5 Å². The molecule has 5 heterocycles. The highest BCUT2D eigenvalue weighted by atomic mass is 35.5. The lowest BCUT2D eigenvalue weighted by Crippen LogP contribution is -2.51. The molecule has 1 saturated carbocycles. The maximum atomic E-state index is 15.5. The summed E-state index contributed by atoms with van der Waals surface area (Å²) < 4.78 is 24.3. The van der Waals surface area contributed by atoms with Crippen LogP contribution in [-0.4, -0.2) is 97.5 Å². The number of carbonyl (C=O) groups is 2. The molecule has 4 aliphatic rings. The Morgan fingerprint density at radius 3 is 2.53 bits per heavy atom. The van der Waals surface area contributed by atoms with Crippen LogP contribution in [-0.2, 0) is 9.53 Å². The number of carboxylic acid groups (broad SMARTS) is 1. The summed E-state index contributed by atoms with van der Waals surface area (Å²) in [6.07, 6.45) is 3.99. The van der Waals surface area contributed by atoms with E-state index in [1.807, 2.05) is 4.90 Å². The van der Waals surface area contributed by atoms with Crippen LogP contribution in [0, 0.1) is 5.82 Å². The minimum Gasteiger partial charge on any atom is -0.477 e. The highest BCUT2D eigenvalue weighted by molar-refractivity contribution is 8.00. The molecule has 2 aromatic heterocycles. The Hall–Kier alpha value is -4.61. The number of aromatic carboxylic acids is 1. The largest absolute Gasteiger partial charge is 0.477 e. The maximum absolute atomic E-state index is 15.5. The zero-order valence-electron chi connectivity index (χ0n) is 26.9. The number of carboxylic acids is 1. The van der Waals surface area contributed by atoms with Crippen LogP contribution in [0.3, 0.4) is 0 Å². The van der Waals surface area contributed by atoms with E-state index in [0.717, 1.165) is 18.9 Å². The van der Waals surface area contributed by atoms with E-state index >= 15 is 4.39 Å². The van der Waals surface area contributed by atoms with Gasteiger partial charge >= 0.3 is 11.7 Å². The van der Waals surface area contributed by atoms with Crippen molar-refractivity contribution in [1.82, 2.24) is 19.0 Å². The van der Waals surface area contributed by atoms with Gasteiger partial charge in [-0.3, -0.25) is 24.0 Å². The first-order valence-electron chi connectivity index (χ1n) is 16.4. The summed E-state index contributed by atoms with van der Waals surface area (Å²) in [5.41, 5.74) is -0.0791. The second kappa shape index (κ2) is 13.2. The number of piperazine rings is 1. The van der Waals surface area contributed by atoms with Crippen LogP contribution in [0.5, 0.6) is 0 Å². The number of halogens is 2. The van der Waals surface area contributed by atoms with Crippen LogP contribution in [0.1, 0.15) is 41.0 Å². The fraction of sp³-hybridized carbons (Fsp3) is 0.353. The van der Waals surface area contributed by atoms with Crippen molar-refractivity contribution >= 4 is 69.0 Å². The van der Waals surface area contributed by atoms with E-state index in [9.17, 15) is 29.4 Å². The third-order valence-corrected chi connectivity index (χ3v) is 10.9. The lowest BCUT2D eigenvalue weighted by molar-refractivity contribution is -0.112. The van der Waals surface area contributed by atoms with E-state index in [1.165, 1.54) is 34.8 Å². The number of benzene rings is 2. The van der Waals surface area contributed by atoms with Crippen LogP contribution in [0.4, 0.5) is 21.6 Å². The molecule has 2 unspecified atom stereocenters. The molecule has 51 heavy (non-hydrogen) atoms. The van der Waals surface area contributed by atoms with Crippen molar-refractivity contribution in [2.45, 2.75) is 30.5 Å². The van der Waals surface area contributed by atoms with Crippen molar-refractivity contribution in [3.63, 3.8) is 0 Å². The third-order valence-electron chi connectivity index (χ3n) is 9.51. The molecule has 0 spiro atoms. The van der Waals surface area contributed by atoms with Crippen LogP contribution < -0.4 is 20.9 Å². The number of aliphatic hydroxyl groups is 1. The molecule has 264 valence electrons. The summed E-state index contributed by atoms with van der Waals surface area (Å²) in [5.74, 6) is -1.81. The van der Waals surface area contributed by atoms with Gasteiger partial charge in [-0.2, -0.15) is 4.98 Å². The van der Waals surface area contributed by atoms with Gasteiger partial charge in [0.2, 0.25) is 5.43 Å². The van der Waals surface area contributed by atoms with Crippen molar-refractivity contribution in [3.8, 4) is 0 Å². The molecular formula is C34H31ClFN7O7S. The number of amides is 1. The average molecular weight is 736 g/mol. The Kier molecular flexibility index (Phi) is 8.66. The summed E-state index contributed by atoms with van der Waals surface area (Å²) in [7, 11) is 0.